The molecular weight excluding hydrogens is 234 g/mol. The first-order valence-corrected chi connectivity index (χ1v) is 7.32. The van der Waals surface area contributed by atoms with Crippen LogP contribution in [0.3, 0.4) is 0 Å². The van der Waals surface area contributed by atoms with Gasteiger partial charge in [0, 0.05) is 26.2 Å². The molecule has 1 fully saturated rings. The largest absolute Gasteiger partial charge is 0.326 e. The number of nitrogens with two attached hydrogens (primary N) is 1. The van der Waals surface area contributed by atoms with Crippen molar-refractivity contribution in [3.05, 3.63) is 35.4 Å². The number of hydrogen-bond donors (Lipinski definition) is 1. The molecule has 1 heterocycles. The van der Waals surface area contributed by atoms with Crippen LogP contribution in [0.4, 0.5) is 0 Å². The Hall–Kier alpha value is -0.900. The van der Waals surface area contributed by atoms with Gasteiger partial charge < -0.3 is 15.5 Å². The lowest BCUT2D eigenvalue weighted by molar-refractivity contribution is 0.163. The molecule has 1 aliphatic rings. The highest BCUT2D eigenvalue weighted by Crippen LogP contribution is 2.17. The lowest BCUT2D eigenvalue weighted by Crippen LogP contribution is -2.37. The average Bonchev–Trinajstić information content (AvgIpc) is 2.38. The summed E-state index contributed by atoms with van der Waals surface area (Å²) in [7, 11) is 4.46. The van der Waals surface area contributed by atoms with Gasteiger partial charge in [0.1, 0.15) is 0 Å². The van der Waals surface area contributed by atoms with Crippen molar-refractivity contribution in [1.82, 2.24) is 9.80 Å². The summed E-state index contributed by atoms with van der Waals surface area (Å²) in [5.41, 5.74) is 8.29. The lowest BCUT2D eigenvalue weighted by Gasteiger charge is -2.32. The monoisotopic (exact) mass is 261 g/mol. The number of likely N-dealkylation sites (tertiary alicyclic amines) is 1. The first-order valence-electron chi connectivity index (χ1n) is 7.32. The first-order chi connectivity index (χ1) is 9.17. The van der Waals surface area contributed by atoms with E-state index in [1.165, 1.54) is 43.6 Å². The van der Waals surface area contributed by atoms with Gasteiger partial charge in [-0.2, -0.15) is 0 Å². The third-order valence-corrected chi connectivity index (χ3v) is 3.97. The van der Waals surface area contributed by atoms with Crippen LogP contribution in [0.25, 0.3) is 0 Å². The minimum absolute atomic E-state index is 0.630. The zero-order chi connectivity index (χ0) is 13.7. The molecule has 0 bridgehead atoms. The third kappa shape index (κ3) is 4.60. The number of rotatable bonds is 5. The predicted molar refractivity (Wildman–Crippen MR) is 80.9 cm³/mol. The van der Waals surface area contributed by atoms with Crippen molar-refractivity contribution in [2.24, 2.45) is 11.7 Å². The van der Waals surface area contributed by atoms with Gasteiger partial charge in [-0.25, -0.2) is 0 Å². The maximum Gasteiger partial charge on any atom is 0.0230 e. The minimum atomic E-state index is 0.630. The van der Waals surface area contributed by atoms with Crippen LogP contribution in [0, 0.1) is 5.92 Å². The normalized spacial score (nSPS) is 20.9. The molecule has 2 N–H and O–H groups in total. The topological polar surface area (TPSA) is 32.5 Å². The quantitative estimate of drug-likeness (QED) is 0.879. The molecular formula is C16H27N3. The predicted octanol–water partition coefficient (Wildman–Crippen LogP) is 1.92. The molecule has 106 valence electrons. The van der Waals surface area contributed by atoms with E-state index in [0.29, 0.717) is 6.54 Å². The number of piperidine rings is 1. The first kappa shape index (κ1) is 14.5. The summed E-state index contributed by atoms with van der Waals surface area (Å²) in [6.45, 7) is 5.35. The second kappa shape index (κ2) is 7.04. The number of nitrogens with zero attached hydrogens (tertiary/aromatic N) is 2. The van der Waals surface area contributed by atoms with Crippen molar-refractivity contribution in [3.8, 4) is 0 Å². The van der Waals surface area contributed by atoms with Crippen molar-refractivity contribution in [1.29, 1.82) is 0 Å². The standard InChI is InChI=1S/C16H27N3/c1-18-8-4-7-16(12-18)13-19(2)11-15-6-3-5-14(9-15)10-17/h3,5-6,9,16H,4,7-8,10-13,17H2,1-2H3. The van der Waals surface area contributed by atoms with Gasteiger partial charge in [-0.05, 0) is 50.5 Å². The second-order valence-electron chi connectivity index (χ2n) is 5.99. The Morgan fingerprint density at radius 3 is 2.89 bits per heavy atom. The van der Waals surface area contributed by atoms with Crippen LogP contribution in [0.15, 0.2) is 24.3 Å². The molecule has 1 aliphatic heterocycles. The van der Waals surface area contributed by atoms with E-state index < -0.39 is 0 Å². The van der Waals surface area contributed by atoms with Crippen LogP contribution in [0.1, 0.15) is 24.0 Å². The van der Waals surface area contributed by atoms with Crippen LogP contribution >= 0.6 is 0 Å². The molecule has 0 aliphatic carbocycles. The summed E-state index contributed by atoms with van der Waals surface area (Å²) in [5, 5.41) is 0. The Bertz CT molecular complexity index is 391. The summed E-state index contributed by atoms with van der Waals surface area (Å²) in [4.78, 5) is 4.90. The van der Waals surface area contributed by atoms with Crippen LogP contribution in [-0.2, 0) is 13.1 Å². The molecule has 3 heteroatoms. The molecule has 0 spiro atoms. The van der Waals surface area contributed by atoms with E-state index in [1.807, 2.05) is 0 Å². The van der Waals surface area contributed by atoms with E-state index >= 15 is 0 Å². The molecule has 3 nitrogen and oxygen atoms in total. The fourth-order valence-corrected chi connectivity index (χ4v) is 3.09. The molecule has 0 aromatic heterocycles. The SMILES string of the molecule is CN1CCCC(CN(C)Cc2cccc(CN)c2)C1. The number of benzene rings is 1. The smallest absolute Gasteiger partial charge is 0.0230 e. The summed E-state index contributed by atoms with van der Waals surface area (Å²) in [6.07, 6.45) is 2.72. The Balaban J connectivity index is 1.84. The van der Waals surface area contributed by atoms with E-state index in [-0.39, 0.29) is 0 Å². The molecule has 0 amide bonds. The Morgan fingerprint density at radius 2 is 2.16 bits per heavy atom. The maximum atomic E-state index is 5.70. The van der Waals surface area contributed by atoms with Crippen LogP contribution < -0.4 is 5.73 Å². The van der Waals surface area contributed by atoms with Crippen LogP contribution in [0.5, 0.6) is 0 Å². The van der Waals surface area contributed by atoms with Crippen molar-refractivity contribution in [2.75, 3.05) is 33.7 Å². The average molecular weight is 261 g/mol. The van der Waals surface area contributed by atoms with E-state index in [9.17, 15) is 0 Å². The molecule has 2 rings (SSSR count). The van der Waals surface area contributed by atoms with Crippen molar-refractivity contribution in [3.63, 3.8) is 0 Å². The second-order valence-corrected chi connectivity index (χ2v) is 5.99. The van der Waals surface area contributed by atoms with E-state index in [2.05, 4.69) is 48.2 Å². The lowest BCUT2D eigenvalue weighted by atomic mass is 9.98. The Kier molecular flexibility index (Phi) is 5.37. The number of hydrogen-bond acceptors (Lipinski definition) is 3. The molecule has 0 radical (unpaired) electrons. The van der Waals surface area contributed by atoms with Crippen LogP contribution in [0.2, 0.25) is 0 Å². The van der Waals surface area contributed by atoms with Gasteiger partial charge in [0.05, 0.1) is 0 Å². The summed E-state index contributed by atoms with van der Waals surface area (Å²) < 4.78 is 0. The molecule has 1 atom stereocenters. The highest BCUT2D eigenvalue weighted by molar-refractivity contribution is 5.23. The highest BCUT2D eigenvalue weighted by Gasteiger charge is 2.18. The molecule has 1 saturated heterocycles. The van der Waals surface area contributed by atoms with E-state index in [1.54, 1.807) is 0 Å². The van der Waals surface area contributed by atoms with Crippen molar-refractivity contribution in [2.45, 2.75) is 25.9 Å². The zero-order valence-electron chi connectivity index (χ0n) is 12.3. The molecule has 1 aromatic rings. The summed E-state index contributed by atoms with van der Waals surface area (Å²) in [5.74, 6) is 0.821. The van der Waals surface area contributed by atoms with Crippen LogP contribution in [-0.4, -0.2) is 43.5 Å². The van der Waals surface area contributed by atoms with Gasteiger partial charge in [-0.15, -0.1) is 0 Å². The summed E-state index contributed by atoms with van der Waals surface area (Å²) in [6, 6.07) is 8.63. The molecule has 1 aromatic carbocycles. The third-order valence-electron chi connectivity index (χ3n) is 3.97. The fourth-order valence-electron chi connectivity index (χ4n) is 3.09. The maximum absolute atomic E-state index is 5.70. The molecule has 0 saturated carbocycles. The van der Waals surface area contributed by atoms with Crippen molar-refractivity contribution < 1.29 is 0 Å². The highest BCUT2D eigenvalue weighted by atomic mass is 15.1. The van der Waals surface area contributed by atoms with Gasteiger partial charge in [0.2, 0.25) is 0 Å². The van der Waals surface area contributed by atoms with Gasteiger partial charge in [0.25, 0.3) is 0 Å². The van der Waals surface area contributed by atoms with Gasteiger partial charge in [-0.1, -0.05) is 24.3 Å². The molecule has 1 unspecified atom stereocenters. The minimum Gasteiger partial charge on any atom is -0.326 e. The van der Waals surface area contributed by atoms with Crippen molar-refractivity contribution >= 4 is 0 Å². The Labute approximate surface area is 117 Å². The summed E-state index contributed by atoms with van der Waals surface area (Å²) >= 11 is 0. The zero-order valence-corrected chi connectivity index (χ0v) is 12.3. The van der Waals surface area contributed by atoms with E-state index in [0.717, 1.165) is 12.5 Å². The Morgan fingerprint density at radius 1 is 1.37 bits per heavy atom. The fraction of sp³-hybridized carbons (Fsp3) is 0.625. The van der Waals surface area contributed by atoms with Gasteiger partial charge >= 0.3 is 0 Å². The van der Waals surface area contributed by atoms with Gasteiger partial charge in [-0.3, -0.25) is 0 Å². The van der Waals surface area contributed by atoms with Gasteiger partial charge in [0.15, 0.2) is 0 Å². The van der Waals surface area contributed by atoms with E-state index in [4.69, 9.17) is 5.73 Å². The molecule has 19 heavy (non-hydrogen) atoms.